The first-order valence-electron chi connectivity index (χ1n) is 5.35. The van der Waals surface area contributed by atoms with Gasteiger partial charge in [0.1, 0.15) is 6.04 Å². The highest BCUT2D eigenvalue weighted by Gasteiger charge is 2.20. The van der Waals surface area contributed by atoms with Crippen molar-refractivity contribution in [2.24, 2.45) is 5.92 Å². The predicted octanol–water partition coefficient (Wildman–Crippen LogP) is 0.684. The smallest absolute Gasteiger partial charge is 0.320 e. The van der Waals surface area contributed by atoms with E-state index in [-0.39, 0.29) is 5.92 Å². The normalized spacial score (nSPS) is 12.5. The molecule has 0 radical (unpaired) electrons. The second kappa shape index (κ2) is 6.15. The topological polar surface area (TPSA) is 84.3 Å². The zero-order valence-electron chi connectivity index (χ0n) is 10.2. The molecule has 0 fully saturated rings. The summed E-state index contributed by atoms with van der Waals surface area (Å²) in [6, 6.07) is -0.274. The minimum atomic E-state index is -0.852. The SMILES string of the molecule is COc1ncc(CN[C@@H](C(=O)O)C(C)C)cn1. The van der Waals surface area contributed by atoms with Crippen LogP contribution in [0.1, 0.15) is 19.4 Å². The summed E-state index contributed by atoms with van der Waals surface area (Å²) < 4.78 is 4.83. The third kappa shape index (κ3) is 3.99. The van der Waals surface area contributed by atoms with Crippen LogP contribution >= 0.6 is 0 Å². The highest BCUT2D eigenvalue weighted by Crippen LogP contribution is 2.05. The van der Waals surface area contributed by atoms with E-state index < -0.39 is 12.0 Å². The molecule has 0 bridgehead atoms. The molecular weight excluding hydrogens is 222 g/mol. The Balaban J connectivity index is 2.56. The summed E-state index contributed by atoms with van der Waals surface area (Å²) in [7, 11) is 1.49. The molecule has 0 amide bonds. The van der Waals surface area contributed by atoms with Gasteiger partial charge < -0.3 is 9.84 Å². The average Bonchev–Trinajstić information content (AvgIpc) is 2.29. The first kappa shape index (κ1) is 13.4. The van der Waals surface area contributed by atoms with Gasteiger partial charge in [0.25, 0.3) is 0 Å². The molecule has 6 nitrogen and oxygen atoms in total. The number of aromatic nitrogens is 2. The van der Waals surface area contributed by atoms with Gasteiger partial charge in [-0.2, -0.15) is 0 Å². The van der Waals surface area contributed by atoms with Gasteiger partial charge >= 0.3 is 12.0 Å². The van der Waals surface area contributed by atoms with Crippen LogP contribution in [0, 0.1) is 5.92 Å². The fourth-order valence-corrected chi connectivity index (χ4v) is 1.38. The van der Waals surface area contributed by atoms with E-state index in [2.05, 4.69) is 15.3 Å². The van der Waals surface area contributed by atoms with Crippen molar-refractivity contribution >= 4 is 5.97 Å². The number of carboxylic acid groups (broad SMARTS) is 1. The fraction of sp³-hybridized carbons (Fsp3) is 0.545. The van der Waals surface area contributed by atoms with Gasteiger partial charge in [0.05, 0.1) is 7.11 Å². The first-order valence-corrected chi connectivity index (χ1v) is 5.35. The van der Waals surface area contributed by atoms with Crippen molar-refractivity contribution < 1.29 is 14.6 Å². The lowest BCUT2D eigenvalue weighted by Crippen LogP contribution is -2.40. The largest absolute Gasteiger partial charge is 0.480 e. The minimum absolute atomic E-state index is 0.0201. The van der Waals surface area contributed by atoms with Crippen molar-refractivity contribution in [3.8, 4) is 6.01 Å². The number of rotatable bonds is 6. The second-order valence-corrected chi connectivity index (χ2v) is 4.02. The molecule has 0 unspecified atom stereocenters. The van der Waals surface area contributed by atoms with Crippen LogP contribution in [0.15, 0.2) is 12.4 Å². The van der Waals surface area contributed by atoms with Gasteiger partial charge in [0, 0.05) is 24.5 Å². The molecule has 0 saturated carbocycles. The second-order valence-electron chi connectivity index (χ2n) is 4.02. The van der Waals surface area contributed by atoms with E-state index in [1.807, 2.05) is 13.8 Å². The summed E-state index contributed by atoms with van der Waals surface area (Å²) in [6.07, 6.45) is 3.22. The molecule has 0 aromatic carbocycles. The van der Waals surface area contributed by atoms with Gasteiger partial charge in [-0.3, -0.25) is 10.1 Å². The van der Waals surface area contributed by atoms with Crippen molar-refractivity contribution in [1.29, 1.82) is 0 Å². The summed E-state index contributed by atoms with van der Waals surface area (Å²) in [6.45, 7) is 4.13. The number of ether oxygens (including phenoxy) is 1. The molecule has 1 aromatic rings. The Labute approximate surface area is 100 Å². The molecule has 6 heteroatoms. The highest BCUT2D eigenvalue weighted by molar-refractivity contribution is 5.73. The van der Waals surface area contributed by atoms with Crippen molar-refractivity contribution in [2.75, 3.05) is 7.11 Å². The van der Waals surface area contributed by atoms with Crippen molar-refractivity contribution in [1.82, 2.24) is 15.3 Å². The fourth-order valence-electron chi connectivity index (χ4n) is 1.38. The lowest BCUT2D eigenvalue weighted by Gasteiger charge is -2.17. The van der Waals surface area contributed by atoms with E-state index in [0.29, 0.717) is 12.6 Å². The van der Waals surface area contributed by atoms with Gasteiger partial charge in [-0.05, 0) is 5.92 Å². The zero-order chi connectivity index (χ0) is 12.8. The first-order chi connectivity index (χ1) is 8.04. The molecule has 0 aliphatic carbocycles. The number of carboxylic acids is 1. The minimum Gasteiger partial charge on any atom is -0.480 e. The zero-order valence-corrected chi connectivity index (χ0v) is 10.2. The molecule has 1 aromatic heterocycles. The van der Waals surface area contributed by atoms with E-state index >= 15 is 0 Å². The molecule has 1 atom stereocenters. The maximum Gasteiger partial charge on any atom is 0.320 e. The van der Waals surface area contributed by atoms with Crippen LogP contribution in [0.4, 0.5) is 0 Å². The Morgan fingerprint density at radius 3 is 2.47 bits per heavy atom. The van der Waals surface area contributed by atoms with E-state index in [1.54, 1.807) is 12.4 Å². The summed E-state index contributed by atoms with van der Waals surface area (Å²) in [4.78, 5) is 18.8. The molecule has 17 heavy (non-hydrogen) atoms. The van der Waals surface area contributed by atoms with Crippen molar-refractivity contribution in [3.63, 3.8) is 0 Å². The number of carbonyl (C=O) groups is 1. The Hall–Kier alpha value is -1.69. The van der Waals surface area contributed by atoms with Gasteiger partial charge in [0.15, 0.2) is 0 Å². The highest BCUT2D eigenvalue weighted by atomic mass is 16.5. The summed E-state index contributed by atoms with van der Waals surface area (Å²) in [5.74, 6) is -0.832. The number of hydrogen-bond donors (Lipinski definition) is 2. The van der Waals surface area contributed by atoms with Crippen LogP contribution in [-0.4, -0.2) is 34.2 Å². The number of methoxy groups -OCH3 is 1. The number of hydrogen-bond acceptors (Lipinski definition) is 5. The predicted molar refractivity (Wildman–Crippen MR) is 61.7 cm³/mol. The molecule has 1 heterocycles. The van der Waals surface area contributed by atoms with Crippen LogP contribution in [0.3, 0.4) is 0 Å². The molecule has 94 valence electrons. The number of nitrogens with one attached hydrogen (secondary N) is 1. The van der Waals surface area contributed by atoms with Crippen LogP contribution in [-0.2, 0) is 11.3 Å². The average molecular weight is 239 g/mol. The number of aliphatic carboxylic acids is 1. The summed E-state index contributed by atoms with van der Waals surface area (Å²) in [5, 5.41) is 11.9. The Morgan fingerprint density at radius 1 is 1.47 bits per heavy atom. The molecule has 0 spiro atoms. The molecule has 0 aliphatic heterocycles. The van der Waals surface area contributed by atoms with Crippen molar-refractivity contribution in [2.45, 2.75) is 26.4 Å². The van der Waals surface area contributed by atoms with Gasteiger partial charge in [-0.25, -0.2) is 9.97 Å². The van der Waals surface area contributed by atoms with Gasteiger partial charge in [-0.1, -0.05) is 13.8 Å². The molecular formula is C11H17N3O3. The number of nitrogens with zero attached hydrogens (tertiary/aromatic N) is 2. The third-order valence-corrected chi connectivity index (χ3v) is 2.32. The maximum atomic E-state index is 10.9. The van der Waals surface area contributed by atoms with Crippen LogP contribution in [0.2, 0.25) is 0 Å². The molecule has 0 aliphatic rings. The lowest BCUT2D eigenvalue weighted by atomic mass is 10.0. The Kier molecular flexibility index (Phi) is 4.84. The summed E-state index contributed by atoms with van der Waals surface area (Å²) in [5.41, 5.74) is 0.817. The molecule has 1 rings (SSSR count). The van der Waals surface area contributed by atoms with Crippen molar-refractivity contribution in [3.05, 3.63) is 18.0 Å². The van der Waals surface area contributed by atoms with Crippen LogP contribution in [0.5, 0.6) is 6.01 Å². The van der Waals surface area contributed by atoms with Gasteiger partial charge in [0.2, 0.25) is 0 Å². The van der Waals surface area contributed by atoms with Gasteiger partial charge in [-0.15, -0.1) is 0 Å². The van der Waals surface area contributed by atoms with Crippen LogP contribution in [0.25, 0.3) is 0 Å². The summed E-state index contributed by atoms with van der Waals surface area (Å²) >= 11 is 0. The molecule has 0 saturated heterocycles. The Morgan fingerprint density at radius 2 is 2.06 bits per heavy atom. The standard InChI is InChI=1S/C11H17N3O3/c1-7(2)9(10(15)16)12-4-8-5-13-11(17-3)14-6-8/h5-7,9,12H,4H2,1-3H3,(H,15,16)/t9-/m1/s1. The monoisotopic (exact) mass is 239 g/mol. The Bertz CT molecular complexity index is 365. The lowest BCUT2D eigenvalue weighted by molar-refractivity contribution is -0.140. The molecule has 2 N–H and O–H groups in total. The van der Waals surface area contributed by atoms with E-state index in [1.165, 1.54) is 7.11 Å². The van der Waals surface area contributed by atoms with E-state index in [4.69, 9.17) is 9.84 Å². The quantitative estimate of drug-likeness (QED) is 0.759. The van der Waals surface area contributed by atoms with E-state index in [9.17, 15) is 4.79 Å². The maximum absolute atomic E-state index is 10.9. The third-order valence-electron chi connectivity index (χ3n) is 2.32. The van der Waals surface area contributed by atoms with E-state index in [0.717, 1.165) is 5.56 Å². The van der Waals surface area contributed by atoms with Crippen LogP contribution < -0.4 is 10.1 Å².